The molecule has 0 saturated heterocycles. The van der Waals surface area contributed by atoms with E-state index in [-0.39, 0.29) is 0 Å². The SMILES string of the molecule is CCC/C=C/C#CCCC=O. The van der Waals surface area contributed by atoms with Crippen molar-refractivity contribution in [1.29, 1.82) is 0 Å². The summed E-state index contributed by atoms with van der Waals surface area (Å²) >= 11 is 0. The first-order chi connectivity index (χ1) is 5.41. The Labute approximate surface area is 68.5 Å². The molecule has 0 heterocycles. The number of allylic oxidation sites excluding steroid dienone is 2. The zero-order valence-electron chi connectivity index (χ0n) is 6.97. The van der Waals surface area contributed by atoms with Crippen molar-refractivity contribution in [1.82, 2.24) is 0 Å². The van der Waals surface area contributed by atoms with E-state index in [1.165, 1.54) is 0 Å². The lowest BCUT2D eigenvalue weighted by Gasteiger charge is -1.78. The molecule has 0 saturated carbocycles. The summed E-state index contributed by atoms with van der Waals surface area (Å²) in [5.41, 5.74) is 0. The van der Waals surface area contributed by atoms with E-state index < -0.39 is 0 Å². The number of aldehydes is 1. The Morgan fingerprint density at radius 1 is 1.36 bits per heavy atom. The molecule has 60 valence electrons. The molecule has 11 heavy (non-hydrogen) atoms. The van der Waals surface area contributed by atoms with Crippen LogP contribution in [0.2, 0.25) is 0 Å². The fourth-order valence-electron chi connectivity index (χ4n) is 0.571. The van der Waals surface area contributed by atoms with E-state index in [9.17, 15) is 4.79 Å². The van der Waals surface area contributed by atoms with Crippen LogP contribution in [-0.2, 0) is 4.79 Å². The molecule has 0 aliphatic rings. The monoisotopic (exact) mass is 150 g/mol. The van der Waals surface area contributed by atoms with Gasteiger partial charge in [-0.25, -0.2) is 0 Å². The second-order valence-electron chi connectivity index (χ2n) is 2.22. The van der Waals surface area contributed by atoms with Crippen molar-refractivity contribution in [3.05, 3.63) is 12.2 Å². The zero-order valence-corrected chi connectivity index (χ0v) is 6.97. The average molecular weight is 150 g/mol. The van der Waals surface area contributed by atoms with Gasteiger partial charge < -0.3 is 4.79 Å². The van der Waals surface area contributed by atoms with E-state index in [0.29, 0.717) is 12.8 Å². The molecule has 0 aromatic carbocycles. The third kappa shape index (κ3) is 8.97. The maximum absolute atomic E-state index is 9.85. The number of carbonyl (C=O) groups excluding carboxylic acids is 1. The highest BCUT2D eigenvalue weighted by molar-refractivity contribution is 5.49. The molecule has 1 nitrogen and oxygen atoms in total. The first-order valence-electron chi connectivity index (χ1n) is 3.98. The van der Waals surface area contributed by atoms with Crippen LogP contribution in [0.15, 0.2) is 12.2 Å². The Balaban J connectivity index is 3.30. The van der Waals surface area contributed by atoms with E-state index >= 15 is 0 Å². The van der Waals surface area contributed by atoms with Gasteiger partial charge >= 0.3 is 0 Å². The lowest BCUT2D eigenvalue weighted by atomic mass is 10.3. The van der Waals surface area contributed by atoms with Crippen LogP contribution in [0.1, 0.15) is 32.6 Å². The van der Waals surface area contributed by atoms with Crippen molar-refractivity contribution in [3.8, 4) is 11.8 Å². The predicted octanol–water partition coefficient (Wildman–Crippen LogP) is 2.33. The van der Waals surface area contributed by atoms with Crippen molar-refractivity contribution in [2.45, 2.75) is 32.6 Å². The van der Waals surface area contributed by atoms with Crippen LogP contribution in [0.5, 0.6) is 0 Å². The number of hydrogen-bond donors (Lipinski definition) is 0. The van der Waals surface area contributed by atoms with E-state index in [4.69, 9.17) is 0 Å². The summed E-state index contributed by atoms with van der Waals surface area (Å²) in [7, 11) is 0. The van der Waals surface area contributed by atoms with Crippen molar-refractivity contribution in [3.63, 3.8) is 0 Å². The van der Waals surface area contributed by atoms with Crippen LogP contribution in [0.25, 0.3) is 0 Å². The third-order valence-corrected chi connectivity index (χ3v) is 1.15. The molecule has 0 fully saturated rings. The molecule has 0 aromatic rings. The highest BCUT2D eigenvalue weighted by Crippen LogP contribution is 1.87. The molecule has 0 rings (SSSR count). The predicted molar refractivity (Wildman–Crippen MR) is 47.1 cm³/mol. The van der Waals surface area contributed by atoms with Gasteiger partial charge in [0.1, 0.15) is 6.29 Å². The quantitative estimate of drug-likeness (QED) is 0.341. The van der Waals surface area contributed by atoms with Crippen LogP contribution >= 0.6 is 0 Å². The van der Waals surface area contributed by atoms with Crippen molar-refractivity contribution in [2.24, 2.45) is 0 Å². The molecule has 0 unspecified atom stereocenters. The van der Waals surface area contributed by atoms with Crippen molar-refractivity contribution >= 4 is 6.29 Å². The largest absolute Gasteiger partial charge is 0.303 e. The van der Waals surface area contributed by atoms with Crippen molar-refractivity contribution in [2.75, 3.05) is 0 Å². The molecule has 1 heteroatoms. The molecular weight excluding hydrogens is 136 g/mol. The zero-order chi connectivity index (χ0) is 8.36. The first kappa shape index (κ1) is 9.97. The average Bonchev–Trinajstić information content (AvgIpc) is 2.03. The minimum absolute atomic E-state index is 0.550. The Hall–Kier alpha value is -1.03. The van der Waals surface area contributed by atoms with Crippen LogP contribution in [0, 0.1) is 11.8 Å². The minimum atomic E-state index is 0.550. The lowest BCUT2D eigenvalue weighted by molar-refractivity contribution is -0.107. The molecule has 0 aromatic heterocycles. The number of unbranched alkanes of at least 4 members (excludes halogenated alkanes) is 2. The van der Waals surface area contributed by atoms with E-state index in [1.54, 1.807) is 0 Å². The third-order valence-electron chi connectivity index (χ3n) is 1.15. The molecule has 0 bridgehead atoms. The summed E-state index contributed by atoms with van der Waals surface area (Å²) in [5.74, 6) is 5.74. The molecule has 0 N–H and O–H groups in total. The second kappa shape index (κ2) is 8.97. The molecule has 0 amide bonds. The number of carbonyl (C=O) groups is 1. The van der Waals surface area contributed by atoms with Gasteiger partial charge in [-0.15, -0.1) is 0 Å². The van der Waals surface area contributed by atoms with Crippen molar-refractivity contribution < 1.29 is 4.79 Å². The lowest BCUT2D eigenvalue weighted by Crippen LogP contribution is -1.69. The van der Waals surface area contributed by atoms with Gasteiger partial charge in [-0.2, -0.15) is 0 Å². The summed E-state index contributed by atoms with van der Waals surface area (Å²) in [4.78, 5) is 9.85. The van der Waals surface area contributed by atoms with E-state index in [0.717, 1.165) is 19.1 Å². The van der Waals surface area contributed by atoms with Gasteiger partial charge in [-0.05, 0) is 12.5 Å². The fourth-order valence-corrected chi connectivity index (χ4v) is 0.571. The summed E-state index contributed by atoms with van der Waals surface area (Å²) < 4.78 is 0. The minimum Gasteiger partial charge on any atom is -0.303 e. The van der Waals surface area contributed by atoms with Gasteiger partial charge in [0.15, 0.2) is 0 Å². The molecule has 0 spiro atoms. The Bertz CT molecular complexity index is 169. The molecule has 0 aliphatic heterocycles. The standard InChI is InChI=1S/C10H14O/c1-2-3-4-5-6-7-8-9-10-11/h4-5,10H,2-3,8-9H2,1H3/b5-4+. The van der Waals surface area contributed by atoms with Gasteiger partial charge in [0.25, 0.3) is 0 Å². The Kier molecular flexibility index (Phi) is 8.13. The molecule has 0 radical (unpaired) electrons. The Morgan fingerprint density at radius 2 is 2.18 bits per heavy atom. The first-order valence-corrected chi connectivity index (χ1v) is 3.98. The van der Waals surface area contributed by atoms with Crippen LogP contribution in [0.4, 0.5) is 0 Å². The van der Waals surface area contributed by atoms with Gasteiger partial charge in [0.2, 0.25) is 0 Å². The highest BCUT2D eigenvalue weighted by Gasteiger charge is 1.73. The molecule has 0 aliphatic carbocycles. The summed E-state index contributed by atoms with van der Waals surface area (Å²) in [6.45, 7) is 2.13. The second-order valence-corrected chi connectivity index (χ2v) is 2.22. The van der Waals surface area contributed by atoms with Gasteiger partial charge in [0.05, 0.1) is 0 Å². The summed E-state index contributed by atoms with van der Waals surface area (Å²) in [5, 5.41) is 0. The summed E-state index contributed by atoms with van der Waals surface area (Å²) in [6.07, 6.45) is 8.27. The van der Waals surface area contributed by atoms with E-state index in [2.05, 4.69) is 18.8 Å². The Morgan fingerprint density at radius 3 is 2.82 bits per heavy atom. The van der Waals surface area contributed by atoms with Crippen LogP contribution in [0.3, 0.4) is 0 Å². The summed E-state index contributed by atoms with van der Waals surface area (Å²) in [6, 6.07) is 0. The number of hydrogen-bond acceptors (Lipinski definition) is 1. The van der Waals surface area contributed by atoms with Gasteiger partial charge in [-0.3, -0.25) is 0 Å². The fraction of sp³-hybridized carbons (Fsp3) is 0.500. The normalized spacial score (nSPS) is 9.18. The van der Waals surface area contributed by atoms with E-state index in [1.807, 2.05) is 12.2 Å². The molecular formula is C10H14O. The highest BCUT2D eigenvalue weighted by atomic mass is 16.1. The van der Waals surface area contributed by atoms with Crippen LogP contribution in [-0.4, -0.2) is 6.29 Å². The topological polar surface area (TPSA) is 17.1 Å². The van der Waals surface area contributed by atoms with Gasteiger partial charge in [0, 0.05) is 12.8 Å². The molecule has 0 atom stereocenters. The maximum atomic E-state index is 9.85. The smallest absolute Gasteiger partial charge is 0.120 e. The van der Waals surface area contributed by atoms with Crippen LogP contribution < -0.4 is 0 Å². The van der Waals surface area contributed by atoms with Gasteiger partial charge in [-0.1, -0.05) is 31.3 Å². The number of rotatable bonds is 4. The maximum Gasteiger partial charge on any atom is 0.120 e.